The van der Waals surface area contributed by atoms with Gasteiger partial charge >= 0.3 is 0 Å². The maximum absolute atomic E-state index is 12.7. The lowest BCUT2D eigenvalue weighted by Gasteiger charge is -2.31. The Balaban J connectivity index is 1.38. The molecule has 0 spiro atoms. The zero-order valence-corrected chi connectivity index (χ0v) is 16.8. The minimum Gasteiger partial charge on any atom is -0.459 e. The van der Waals surface area contributed by atoms with Crippen LogP contribution in [0.1, 0.15) is 5.82 Å². The first-order valence-corrected chi connectivity index (χ1v) is 11.1. The summed E-state index contributed by atoms with van der Waals surface area (Å²) in [5, 5.41) is 4.59. The molecule has 0 radical (unpaired) electrons. The van der Waals surface area contributed by atoms with Gasteiger partial charge in [-0.3, -0.25) is 0 Å². The molecular formula is C17H19N5O4S2. The fourth-order valence-corrected chi connectivity index (χ4v) is 4.79. The second-order valence-electron chi connectivity index (χ2n) is 6.32. The highest BCUT2D eigenvalue weighted by Crippen LogP contribution is 2.24. The van der Waals surface area contributed by atoms with Crippen molar-refractivity contribution in [1.29, 1.82) is 0 Å². The molecular weight excluding hydrogens is 402 g/mol. The summed E-state index contributed by atoms with van der Waals surface area (Å²) in [5.74, 6) is 1.79. The van der Waals surface area contributed by atoms with Gasteiger partial charge in [-0.15, -0.1) is 0 Å². The molecule has 4 rings (SSSR count). The fourth-order valence-electron chi connectivity index (χ4n) is 2.73. The minimum atomic E-state index is -3.51. The van der Waals surface area contributed by atoms with E-state index in [0.717, 1.165) is 13.1 Å². The summed E-state index contributed by atoms with van der Waals surface area (Å²) >= 11 is 1.40. The molecule has 148 valence electrons. The molecule has 1 aliphatic heterocycles. The Kier molecular flexibility index (Phi) is 5.49. The van der Waals surface area contributed by atoms with Crippen LogP contribution in [0, 0.1) is 0 Å². The number of pyridine rings is 1. The lowest BCUT2D eigenvalue weighted by Crippen LogP contribution is -2.47. The smallest absolute Gasteiger partial charge is 0.293 e. The molecule has 0 unspecified atom stereocenters. The van der Waals surface area contributed by atoms with Crippen LogP contribution in [-0.2, 0) is 15.8 Å². The Morgan fingerprint density at radius 2 is 2.00 bits per heavy atom. The number of hydrogen-bond donors (Lipinski definition) is 0. The first kappa shape index (κ1) is 19.1. The number of piperazine rings is 1. The number of nitrogens with zero attached hydrogens (tertiary/aromatic N) is 5. The van der Waals surface area contributed by atoms with Crippen LogP contribution in [0.15, 0.2) is 55.6 Å². The van der Waals surface area contributed by atoms with Gasteiger partial charge in [0, 0.05) is 32.4 Å². The quantitative estimate of drug-likeness (QED) is 0.552. The third-order valence-corrected chi connectivity index (χ3v) is 7.18. The minimum absolute atomic E-state index is 0.209. The fraction of sp³-hybridized carbons (Fsp3) is 0.353. The first-order valence-electron chi connectivity index (χ1n) is 8.66. The highest BCUT2D eigenvalue weighted by molar-refractivity contribution is 7.98. The normalized spacial score (nSPS) is 16.5. The van der Waals surface area contributed by atoms with Crippen LogP contribution < -0.4 is 0 Å². The number of furan rings is 1. The molecule has 0 aromatic carbocycles. The van der Waals surface area contributed by atoms with E-state index in [2.05, 4.69) is 20.0 Å². The third-order valence-electron chi connectivity index (χ3n) is 4.36. The molecule has 9 nitrogen and oxygen atoms in total. The number of rotatable bonds is 6. The van der Waals surface area contributed by atoms with Crippen molar-refractivity contribution in [3.63, 3.8) is 0 Å². The molecule has 1 aliphatic rings. The van der Waals surface area contributed by atoms with E-state index in [-0.39, 0.29) is 4.90 Å². The topological polar surface area (TPSA) is 106 Å². The maximum atomic E-state index is 12.7. The summed E-state index contributed by atoms with van der Waals surface area (Å²) in [7, 11) is -1.52. The van der Waals surface area contributed by atoms with Crippen LogP contribution in [0.25, 0.3) is 11.7 Å². The summed E-state index contributed by atoms with van der Waals surface area (Å²) in [5.41, 5.74) is 0. The molecule has 0 N–H and O–H groups in total. The standard InChI is InChI=1S/C17H19N5O4S2/c1-21-6-8-22(9-7-21)28(23,24)13-4-5-16(18-11-13)27-12-15-19-17(26-20-15)14-3-2-10-25-14/h2-5,10-11H,6-9,12H2,1H3. The number of aromatic nitrogens is 3. The molecule has 3 aromatic rings. The first-order chi connectivity index (χ1) is 13.5. The van der Waals surface area contributed by atoms with E-state index in [1.54, 1.807) is 24.3 Å². The van der Waals surface area contributed by atoms with Crippen molar-refractivity contribution in [2.45, 2.75) is 15.7 Å². The maximum Gasteiger partial charge on any atom is 0.293 e. The van der Waals surface area contributed by atoms with Gasteiger partial charge in [0.05, 0.1) is 17.0 Å². The average Bonchev–Trinajstić information content (AvgIpc) is 3.39. The summed E-state index contributed by atoms with van der Waals surface area (Å²) in [6.07, 6.45) is 2.94. The van der Waals surface area contributed by atoms with Crippen molar-refractivity contribution < 1.29 is 17.4 Å². The van der Waals surface area contributed by atoms with Crippen molar-refractivity contribution >= 4 is 21.8 Å². The molecule has 0 saturated carbocycles. The lowest BCUT2D eigenvalue weighted by atomic mass is 10.4. The number of sulfonamides is 1. The van der Waals surface area contributed by atoms with Gasteiger partial charge in [0.25, 0.3) is 5.89 Å². The highest BCUT2D eigenvalue weighted by Gasteiger charge is 2.27. The van der Waals surface area contributed by atoms with Crippen molar-refractivity contribution in [2.75, 3.05) is 33.2 Å². The SMILES string of the molecule is CN1CCN(S(=O)(=O)c2ccc(SCc3noc(-c4ccco4)n3)nc2)CC1. The molecule has 0 amide bonds. The lowest BCUT2D eigenvalue weighted by molar-refractivity contribution is 0.222. The van der Waals surface area contributed by atoms with Crippen molar-refractivity contribution in [2.24, 2.45) is 0 Å². The number of likely N-dealkylation sites (N-methyl/N-ethyl adjacent to an activating group) is 1. The van der Waals surface area contributed by atoms with E-state index >= 15 is 0 Å². The van der Waals surface area contributed by atoms with Crippen LogP contribution in [0.4, 0.5) is 0 Å². The van der Waals surface area contributed by atoms with Gasteiger partial charge in [-0.25, -0.2) is 13.4 Å². The van der Waals surface area contributed by atoms with E-state index in [1.165, 1.54) is 28.5 Å². The summed E-state index contributed by atoms with van der Waals surface area (Å²) in [6, 6.07) is 6.77. The Labute approximate surface area is 166 Å². The van der Waals surface area contributed by atoms with E-state index in [4.69, 9.17) is 8.94 Å². The zero-order valence-electron chi connectivity index (χ0n) is 15.2. The Bertz CT molecular complexity index is 1010. The van der Waals surface area contributed by atoms with Gasteiger partial charge in [-0.2, -0.15) is 9.29 Å². The molecule has 0 bridgehead atoms. The predicted octanol–water partition coefficient (Wildman–Crippen LogP) is 1.95. The third kappa shape index (κ3) is 4.12. The van der Waals surface area contributed by atoms with Crippen molar-refractivity contribution in [1.82, 2.24) is 24.3 Å². The number of hydrogen-bond acceptors (Lipinski definition) is 9. The van der Waals surface area contributed by atoms with E-state index in [0.29, 0.717) is 41.3 Å². The second-order valence-corrected chi connectivity index (χ2v) is 9.25. The number of thioether (sulfide) groups is 1. The zero-order chi connectivity index (χ0) is 19.6. The largest absolute Gasteiger partial charge is 0.459 e. The second kappa shape index (κ2) is 8.03. The van der Waals surface area contributed by atoms with Crippen LogP contribution in [0.2, 0.25) is 0 Å². The summed E-state index contributed by atoms with van der Waals surface area (Å²) in [6.45, 7) is 2.44. The van der Waals surface area contributed by atoms with Gasteiger partial charge < -0.3 is 13.8 Å². The van der Waals surface area contributed by atoms with Gasteiger partial charge in [-0.1, -0.05) is 16.9 Å². The Hall–Kier alpha value is -2.21. The molecule has 28 heavy (non-hydrogen) atoms. The monoisotopic (exact) mass is 421 g/mol. The molecule has 4 heterocycles. The van der Waals surface area contributed by atoms with Gasteiger partial charge in [0.1, 0.15) is 4.90 Å². The molecule has 0 aliphatic carbocycles. The van der Waals surface area contributed by atoms with E-state index in [9.17, 15) is 8.42 Å². The highest BCUT2D eigenvalue weighted by atomic mass is 32.2. The van der Waals surface area contributed by atoms with Crippen molar-refractivity contribution in [3.8, 4) is 11.7 Å². The van der Waals surface area contributed by atoms with Gasteiger partial charge in [0.2, 0.25) is 10.0 Å². The van der Waals surface area contributed by atoms with Crippen LogP contribution in [0.3, 0.4) is 0 Å². The predicted molar refractivity (Wildman–Crippen MR) is 102 cm³/mol. The van der Waals surface area contributed by atoms with Crippen LogP contribution in [-0.4, -0.2) is 66.0 Å². The summed E-state index contributed by atoms with van der Waals surface area (Å²) in [4.78, 5) is 10.9. The van der Waals surface area contributed by atoms with E-state index in [1.807, 2.05) is 7.05 Å². The van der Waals surface area contributed by atoms with E-state index < -0.39 is 10.0 Å². The molecule has 1 saturated heterocycles. The van der Waals surface area contributed by atoms with Gasteiger partial charge in [-0.05, 0) is 31.3 Å². The summed E-state index contributed by atoms with van der Waals surface area (Å²) < 4.78 is 37.3. The van der Waals surface area contributed by atoms with Crippen LogP contribution in [0.5, 0.6) is 0 Å². The molecule has 0 atom stereocenters. The molecule has 11 heteroatoms. The molecule has 1 fully saturated rings. The van der Waals surface area contributed by atoms with Crippen LogP contribution >= 0.6 is 11.8 Å². The Morgan fingerprint density at radius 1 is 1.18 bits per heavy atom. The Morgan fingerprint density at radius 3 is 2.68 bits per heavy atom. The van der Waals surface area contributed by atoms with Gasteiger partial charge in [0.15, 0.2) is 11.6 Å². The average molecular weight is 422 g/mol. The van der Waals surface area contributed by atoms with Crippen molar-refractivity contribution in [3.05, 3.63) is 42.5 Å². The molecule has 3 aromatic heterocycles.